The summed E-state index contributed by atoms with van der Waals surface area (Å²) >= 11 is 3.35. The number of aromatic nitrogens is 2. The van der Waals surface area contributed by atoms with Crippen molar-refractivity contribution in [1.82, 2.24) is 9.97 Å². The molecule has 0 amide bonds. The summed E-state index contributed by atoms with van der Waals surface area (Å²) in [5, 5.41) is 8.56. The molecule has 0 atom stereocenters. The Morgan fingerprint density at radius 1 is 1.20 bits per heavy atom. The van der Waals surface area contributed by atoms with E-state index in [1.54, 1.807) is 22.7 Å². The summed E-state index contributed by atoms with van der Waals surface area (Å²) < 4.78 is 0. The summed E-state index contributed by atoms with van der Waals surface area (Å²) in [5.41, 5.74) is 3.90. The molecule has 3 heterocycles. The van der Waals surface area contributed by atoms with Gasteiger partial charge in [0.05, 0.1) is 11.9 Å². The number of hydrogen-bond acceptors (Lipinski definition) is 7. The lowest BCUT2D eigenvalue weighted by Gasteiger charge is -2.08. The molecule has 0 aliphatic carbocycles. The number of hydrazine groups is 1. The van der Waals surface area contributed by atoms with Crippen molar-refractivity contribution in [3.63, 3.8) is 0 Å². The predicted octanol–water partition coefficient (Wildman–Crippen LogP) is 3.21. The fraction of sp³-hybridized carbons (Fsp3) is 0.231. The Labute approximate surface area is 124 Å². The maximum atomic E-state index is 5.42. The third-order valence-electron chi connectivity index (χ3n) is 3.09. The molecule has 0 fully saturated rings. The molecule has 3 aromatic rings. The minimum Gasteiger partial charge on any atom is -0.364 e. The van der Waals surface area contributed by atoms with E-state index in [-0.39, 0.29) is 0 Å². The van der Waals surface area contributed by atoms with Crippen LogP contribution in [-0.4, -0.2) is 9.97 Å². The van der Waals surface area contributed by atoms with Crippen LogP contribution in [0.15, 0.2) is 22.9 Å². The number of anilines is 2. The third-order valence-corrected chi connectivity index (χ3v) is 4.86. The molecule has 0 spiro atoms. The monoisotopic (exact) mass is 305 g/mol. The molecule has 3 rings (SSSR count). The highest BCUT2D eigenvalue weighted by Crippen LogP contribution is 2.27. The molecule has 0 saturated carbocycles. The maximum absolute atomic E-state index is 5.42. The summed E-state index contributed by atoms with van der Waals surface area (Å²) in [5.74, 6) is 6.67. The van der Waals surface area contributed by atoms with Gasteiger partial charge in [-0.2, -0.15) is 4.98 Å². The molecular formula is C13H15N5S2. The van der Waals surface area contributed by atoms with Gasteiger partial charge >= 0.3 is 0 Å². The molecule has 3 aromatic heterocycles. The van der Waals surface area contributed by atoms with Gasteiger partial charge in [-0.1, -0.05) is 6.92 Å². The van der Waals surface area contributed by atoms with Crippen LogP contribution in [-0.2, 0) is 13.0 Å². The summed E-state index contributed by atoms with van der Waals surface area (Å²) in [6.07, 6.45) is 1.05. The number of aryl methyl sites for hydroxylation is 1. The molecular weight excluding hydrogens is 290 g/mol. The second kappa shape index (κ2) is 5.74. The molecule has 7 heteroatoms. The largest absolute Gasteiger partial charge is 0.364 e. The quantitative estimate of drug-likeness (QED) is 0.498. The minimum absolute atomic E-state index is 0.435. The first-order valence-electron chi connectivity index (χ1n) is 6.32. The van der Waals surface area contributed by atoms with Crippen LogP contribution in [0.3, 0.4) is 0 Å². The van der Waals surface area contributed by atoms with Crippen molar-refractivity contribution in [3.05, 3.63) is 33.3 Å². The van der Waals surface area contributed by atoms with Crippen molar-refractivity contribution in [2.24, 2.45) is 5.84 Å². The van der Waals surface area contributed by atoms with E-state index in [9.17, 15) is 0 Å². The Kier molecular flexibility index (Phi) is 3.81. The van der Waals surface area contributed by atoms with E-state index in [1.165, 1.54) is 10.4 Å². The molecule has 0 radical (unpaired) electrons. The van der Waals surface area contributed by atoms with Crippen molar-refractivity contribution in [3.8, 4) is 0 Å². The van der Waals surface area contributed by atoms with Crippen LogP contribution in [0.1, 0.15) is 17.4 Å². The number of nitrogens with two attached hydrogens (primary N) is 1. The Morgan fingerprint density at radius 2 is 2.05 bits per heavy atom. The minimum atomic E-state index is 0.435. The summed E-state index contributed by atoms with van der Waals surface area (Å²) in [7, 11) is 0. The molecule has 104 valence electrons. The fourth-order valence-electron chi connectivity index (χ4n) is 2.06. The molecule has 0 saturated heterocycles. The first kappa shape index (κ1) is 13.3. The van der Waals surface area contributed by atoms with Crippen LogP contribution in [0.25, 0.3) is 10.2 Å². The van der Waals surface area contributed by atoms with Gasteiger partial charge in [0.2, 0.25) is 5.95 Å². The van der Waals surface area contributed by atoms with Gasteiger partial charge in [0.25, 0.3) is 0 Å². The topological polar surface area (TPSA) is 75.9 Å². The van der Waals surface area contributed by atoms with Gasteiger partial charge in [0.1, 0.15) is 10.6 Å². The molecule has 0 aliphatic heterocycles. The van der Waals surface area contributed by atoms with E-state index in [4.69, 9.17) is 5.84 Å². The normalized spacial score (nSPS) is 10.9. The van der Waals surface area contributed by atoms with Crippen LogP contribution in [0.5, 0.6) is 0 Å². The summed E-state index contributed by atoms with van der Waals surface area (Å²) in [6.45, 7) is 2.94. The molecule has 0 aromatic carbocycles. The van der Waals surface area contributed by atoms with Crippen LogP contribution >= 0.6 is 22.7 Å². The van der Waals surface area contributed by atoms with Crippen molar-refractivity contribution < 1.29 is 0 Å². The zero-order valence-electron chi connectivity index (χ0n) is 11.0. The van der Waals surface area contributed by atoms with Crippen molar-refractivity contribution in [2.45, 2.75) is 19.9 Å². The van der Waals surface area contributed by atoms with E-state index >= 15 is 0 Å². The second-order valence-electron chi connectivity index (χ2n) is 4.26. The Morgan fingerprint density at radius 3 is 2.85 bits per heavy atom. The van der Waals surface area contributed by atoms with E-state index in [0.717, 1.165) is 29.0 Å². The fourth-order valence-corrected chi connectivity index (χ4v) is 3.74. The van der Waals surface area contributed by atoms with Gasteiger partial charge < -0.3 is 5.32 Å². The third kappa shape index (κ3) is 2.47. The van der Waals surface area contributed by atoms with E-state index in [0.29, 0.717) is 5.95 Å². The van der Waals surface area contributed by atoms with Gasteiger partial charge in [-0.3, -0.25) is 5.43 Å². The highest BCUT2D eigenvalue weighted by Gasteiger charge is 2.09. The summed E-state index contributed by atoms with van der Waals surface area (Å²) in [4.78, 5) is 11.0. The van der Waals surface area contributed by atoms with Gasteiger partial charge in [0.15, 0.2) is 0 Å². The SMILES string of the molecule is CCc1ccsc1CNc1nc(NN)nc2sccc12. The Bertz CT molecular complexity index is 718. The summed E-state index contributed by atoms with van der Waals surface area (Å²) in [6, 6.07) is 4.20. The van der Waals surface area contributed by atoms with E-state index in [2.05, 4.69) is 39.1 Å². The molecule has 4 N–H and O–H groups in total. The lowest BCUT2D eigenvalue weighted by Crippen LogP contribution is -2.12. The molecule has 0 unspecified atom stereocenters. The number of thiophene rings is 2. The standard InChI is InChI=1S/C13H15N5S2/c1-2-8-3-5-19-10(8)7-15-11-9-4-6-20-12(9)17-13(16-11)18-14/h3-6H,2,7,14H2,1H3,(H2,15,16,17,18). The highest BCUT2D eigenvalue weighted by atomic mass is 32.1. The smallest absolute Gasteiger partial charge is 0.240 e. The highest BCUT2D eigenvalue weighted by molar-refractivity contribution is 7.16. The predicted molar refractivity (Wildman–Crippen MR) is 86.2 cm³/mol. The second-order valence-corrected chi connectivity index (χ2v) is 6.15. The van der Waals surface area contributed by atoms with Gasteiger partial charge in [0, 0.05) is 4.88 Å². The maximum Gasteiger partial charge on any atom is 0.240 e. The van der Waals surface area contributed by atoms with Gasteiger partial charge in [-0.05, 0) is 34.9 Å². The van der Waals surface area contributed by atoms with E-state index in [1.807, 2.05) is 11.4 Å². The van der Waals surface area contributed by atoms with Crippen LogP contribution in [0.4, 0.5) is 11.8 Å². The first-order valence-corrected chi connectivity index (χ1v) is 8.08. The van der Waals surface area contributed by atoms with Crippen LogP contribution < -0.4 is 16.6 Å². The number of nitrogens with one attached hydrogen (secondary N) is 2. The lowest BCUT2D eigenvalue weighted by atomic mass is 10.2. The molecule has 20 heavy (non-hydrogen) atoms. The van der Waals surface area contributed by atoms with Crippen LogP contribution in [0, 0.1) is 0 Å². The van der Waals surface area contributed by atoms with Crippen molar-refractivity contribution >= 4 is 44.7 Å². The number of nitrogen functional groups attached to an aromatic ring is 1. The van der Waals surface area contributed by atoms with Gasteiger partial charge in [-0.25, -0.2) is 10.8 Å². The molecule has 0 bridgehead atoms. The Hall–Kier alpha value is -1.70. The number of nitrogens with zero attached hydrogens (tertiary/aromatic N) is 2. The van der Waals surface area contributed by atoms with E-state index < -0.39 is 0 Å². The zero-order chi connectivity index (χ0) is 13.9. The number of fused-ring (bicyclic) bond motifs is 1. The number of rotatable bonds is 5. The molecule has 0 aliphatic rings. The first-order chi connectivity index (χ1) is 9.81. The van der Waals surface area contributed by atoms with Crippen molar-refractivity contribution in [2.75, 3.05) is 10.7 Å². The Balaban J connectivity index is 1.88. The average Bonchev–Trinajstić information content (AvgIpc) is 3.12. The number of hydrogen-bond donors (Lipinski definition) is 3. The average molecular weight is 305 g/mol. The lowest BCUT2D eigenvalue weighted by molar-refractivity contribution is 1.06. The van der Waals surface area contributed by atoms with Gasteiger partial charge in [-0.15, -0.1) is 22.7 Å². The zero-order valence-corrected chi connectivity index (χ0v) is 12.6. The molecule has 5 nitrogen and oxygen atoms in total. The van der Waals surface area contributed by atoms with Crippen LogP contribution in [0.2, 0.25) is 0 Å². The van der Waals surface area contributed by atoms with Crippen molar-refractivity contribution in [1.29, 1.82) is 0 Å².